The molecule has 3 aromatic rings. The van der Waals surface area contributed by atoms with Crippen LogP contribution in [0.1, 0.15) is 11.3 Å². The van der Waals surface area contributed by atoms with E-state index < -0.39 is 0 Å². The van der Waals surface area contributed by atoms with Crippen LogP contribution in [0.5, 0.6) is 0 Å². The van der Waals surface area contributed by atoms with Crippen LogP contribution < -0.4 is 5.56 Å². The van der Waals surface area contributed by atoms with Crippen LogP contribution in [0, 0.1) is 13.8 Å². The van der Waals surface area contributed by atoms with Crippen molar-refractivity contribution in [3.63, 3.8) is 0 Å². The van der Waals surface area contributed by atoms with Crippen LogP contribution in [0.2, 0.25) is 0 Å². The molecule has 0 aliphatic carbocycles. The monoisotopic (exact) mass is 343 g/mol. The van der Waals surface area contributed by atoms with Gasteiger partial charge in [0.25, 0.3) is 5.56 Å². The lowest BCUT2D eigenvalue weighted by atomic mass is 10.2. The van der Waals surface area contributed by atoms with Gasteiger partial charge in [0.15, 0.2) is 5.16 Å². The number of thioether (sulfide) groups is 1. The van der Waals surface area contributed by atoms with E-state index in [-0.39, 0.29) is 17.3 Å². The second-order valence-corrected chi connectivity index (χ2v) is 6.39. The molecule has 7 heteroatoms. The fourth-order valence-corrected chi connectivity index (χ4v) is 3.22. The molecule has 0 fully saturated rings. The third-order valence-electron chi connectivity index (χ3n) is 3.59. The zero-order chi connectivity index (χ0) is 17.3. The van der Waals surface area contributed by atoms with Gasteiger partial charge in [-0.05, 0) is 32.0 Å². The predicted molar refractivity (Wildman–Crippen MR) is 93.9 cm³/mol. The molecule has 0 aliphatic heterocycles. The Hall–Kier alpha value is -2.54. The molecule has 0 saturated carbocycles. The van der Waals surface area contributed by atoms with Gasteiger partial charge in [0, 0.05) is 5.69 Å². The number of ether oxygens (including phenoxy) is 1. The van der Waals surface area contributed by atoms with Crippen molar-refractivity contribution in [1.29, 1.82) is 0 Å². The molecule has 3 rings (SSSR count). The van der Waals surface area contributed by atoms with Crippen LogP contribution in [0.25, 0.3) is 16.7 Å². The fraction of sp³-hybridized carbons (Fsp3) is 0.235. The Morgan fingerprint density at radius 2 is 2.00 bits per heavy atom. The first-order valence-electron chi connectivity index (χ1n) is 7.38. The van der Waals surface area contributed by atoms with Crippen LogP contribution >= 0.6 is 11.8 Å². The van der Waals surface area contributed by atoms with Crippen LogP contribution in [-0.2, 0) is 9.53 Å². The number of H-pyrrole nitrogens is 1. The van der Waals surface area contributed by atoms with Crippen molar-refractivity contribution < 1.29 is 9.53 Å². The van der Waals surface area contributed by atoms with E-state index in [2.05, 4.69) is 14.7 Å². The van der Waals surface area contributed by atoms with Gasteiger partial charge in [-0.1, -0.05) is 29.5 Å². The first-order chi connectivity index (χ1) is 11.5. The second kappa shape index (κ2) is 6.52. The van der Waals surface area contributed by atoms with E-state index in [0.717, 1.165) is 11.3 Å². The molecule has 2 heterocycles. The number of aryl methyl sites for hydroxylation is 2. The number of esters is 1. The van der Waals surface area contributed by atoms with Gasteiger partial charge in [0.2, 0.25) is 0 Å². The Labute approximate surface area is 142 Å². The predicted octanol–water partition coefficient (Wildman–Crippen LogP) is 2.60. The van der Waals surface area contributed by atoms with Crippen LogP contribution in [0.15, 0.2) is 40.3 Å². The largest absolute Gasteiger partial charge is 0.468 e. The van der Waals surface area contributed by atoms with Crippen molar-refractivity contribution in [1.82, 2.24) is 14.5 Å². The maximum Gasteiger partial charge on any atom is 0.316 e. The van der Waals surface area contributed by atoms with Crippen molar-refractivity contribution in [3.8, 4) is 5.69 Å². The molecule has 0 spiro atoms. The number of rotatable bonds is 4. The van der Waals surface area contributed by atoms with Gasteiger partial charge in [0.05, 0.1) is 24.1 Å². The number of aromatic nitrogens is 3. The second-order valence-electron chi connectivity index (χ2n) is 5.45. The van der Waals surface area contributed by atoms with Crippen molar-refractivity contribution in [2.75, 3.05) is 12.9 Å². The third-order valence-corrected chi connectivity index (χ3v) is 4.51. The Bertz CT molecular complexity index is 958. The number of carbonyl (C=O) groups is 1. The van der Waals surface area contributed by atoms with Crippen molar-refractivity contribution in [3.05, 3.63) is 51.9 Å². The highest BCUT2D eigenvalue weighted by Gasteiger charge is 2.16. The minimum Gasteiger partial charge on any atom is -0.468 e. The molecule has 6 nitrogen and oxygen atoms in total. The molecule has 24 heavy (non-hydrogen) atoms. The highest BCUT2D eigenvalue weighted by molar-refractivity contribution is 7.99. The van der Waals surface area contributed by atoms with Crippen LogP contribution in [-0.4, -0.2) is 33.4 Å². The van der Waals surface area contributed by atoms with Crippen LogP contribution in [0.3, 0.4) is 0 Å². The standard InChI is InChI=1S/C17H17N3O3S/c1-10-4-6-12(7-5-10)20-16(22)15-13(8-11(2)18-15)19-17(20)24-9-14(21)23-3/h4-8,18H,9H2,1-3H3. The average molecular weight is 343 g/mol. The summed E-state index contributed by atoms with van der Waals surface area (Å²) in [6.45, 7) is 3.86. The molecule has 1 aromatic carbocycles. The maximum atomic E-state index is 12.9. The highest BCUT2D eigenvalue weighted by atomic mass is 32.2. The number of nitrogens with one attached hydrogen (secondary N) is 1. The van der Waals surface area contributed by atoms with E-state index in [9.17, 15) is 9.59 Å². The van der Waals surface area contributed by atoms with Crippen molar-refractivity contribution >= 4 is 28.8 Å². The topological polar surface area (TPSA) is 77.0 Å². The zero-order valence-corrected chi connectivity index (χ0v) is 14.4. The summed E-state index contributed by atoms with van der Waals surface area (Å²) in [7, 11) is 1.34. The molecular formula is C17H17N3O3S. The lowest BCUT2D eigenvalue weighted by Gasteiger charge is -2.11. The quantitative estimate of drug-likeness (QED) is 0.448. The highest BCUT2D eigenvalue weighted by Crippen LogP contribution is 2.22. The maximum absolute atomic E-state index is 12.9. The summed E-state index contributed by atoms with van der Waals surface area (Å²) in [5, 5.41) is 0.459. The van der Waals surface area contributed by atoms with Gasteiger partial charge in [-0.3, -0.25) is 14.2 Å². The van der Waals surface area contributed by atoms with Crippen molar-refractivity contribution in [2.45, 2.75) is 19.0 Å². The SMILES string of the molecule is COC(=O)CSc1nc2cc(C)[nH]c2c(=O)n1-c1ccc(C)cc1. The first kappa shape index (κ1) is 16.3. The molecular weight excluding hydrogens is 326 g/mol. The Balaban J connectivity index is 2.19. The number of hydrogen-bond acceptors (Lipinski definition) is 5. The molecule has 0 radical (unpaired) electrons. The molecule has 2 aromatic heterocycles. The van der Waals surface area contributed by atoms with Gasteiger partial charge < -0.3 is 9.72 Å². The first-order valence-corrected chi connectivity index (χ1v) is 8.37. The number of nitrogens with zero attached hydrogens (tertiary/aromatic N) is 2. The van der Waals surface area contributed by atoms with Gasteiger partial charge in [-0.25, -0.2) is 4.98 Å². The summed E-state index contributed by atoms with van der Waals surface area (Å²) in [5.41, 5.74) is 3.52. The van der Waals surface area contributed by atoms with E-state index in [1.165, 1.54) is 23.4 Å². The molecule has 0 atom stereocenters. The van der Waals surface area contributed by atoms with Gasteiger partial charge in [0.1, 0.15) is 5.52 Å². The lowest BCUT2D eigenvalue weighted by molar-refractivity contribution is -0.137. The summed E-state index contributed by atoms with van der Waals surface area (Å²) in [6, 6.07) is 9.41. The van der Waals surface area contributed by atoms with E-state index >= 15 is 0 Å². The Kier molecular flexibility index (Phi) is 4.44. The average Bonchev–Trinajstić information content (AvgIpc) is 2.94. The normalized spacial score (nSPS) is 11.0. The van der Waals surface area contributed by atoms with E-state index in [0.29, 0.717) is 21.9 Å². The fourth-order valence-electron chi connectivity index (χ4n) is 2.38. The van der Waals surface area contributed by atoms with Crippen molar-refractivity contribution in [2.24, 2.45) is 0 Å². The summed E-state index contributed by atoms with van der Waals surface area (Å²) >= 11 is 1.18. The number of carbonyl (C=O) groups excluding carboxylic acids is 1. The summed E-state index contributed by atoms with van der Waals surface area (Å²) < 4.78 is 6.19. The summed E-state index contributed by atoms with van der Waals surface area (Å²) in [6.07, 6.45) is 0. The smallest absolute Gasteiger partial charge is 0.316 e. The minimum atomic E-state index is -0.366. The molecule has 0 bridgehead atoms. The van der Waals surface area contributed by atoms with E-state index in [1.54, 1.807) is 0 Å². The molecule has 124 valence electrons. The number of fused-ring (bicyclic) bond motifs is 1. The molecule has 0 unspecified atom stereocenters. The molecule has 0 aliphatic rings. The molecule has 0 saturated heterocycles. The number of hydrogen-bond donors (Lipinski definition) is 1. The number of aromatic amines is 1. The third kappa shape index (κ3) is 3.07. The Morgan fingerprint density at radius 3 is 2.67 bits per heavy atom. The van der Waals surface area contributed by atoms with Gasteiger partial charge >= 0.3 is 5.97 Å². The lowest BCUT2D eigenvalue weighted by Crippen LogP contribution is -2.22. The number of benzene rings is 1. The van der Waals surface area contributed by atoms with E-state index in [4.69, 9.17) is 0 Å². The molecule has 1 N–H and O–H groups in total. The van der Waals surface area contributed by atoms with Gasteiger partial charge in [-0.15, -0.1) is 0 Å². The summed E-state index contributed by atoms with van der Waals surface area (Å²) in [5.74, 6) is -0.279. The Morgan fingerprint density at radius 1 is 1.29 bits per heavy atom. The minimum absolute atomic E-state index is 0.0870. The van der Waals surface area contributed by atoms with Gasteiger partial charge in [-0.2, -0.15) is 0 Å². The number of methoxy groups -OCH3 is 1. The zero-order valence-electron chi connectivity index (χ0n) is 13.6. The van der Waals surface area contributed by atoms with E-state index in [1.807, 2.05) is 44.2 Å². The summed E-state index contributed by atoms with van der Waals surface area (Å²) in [4.78, 5) is 32.0. The van der Waals surface area contributed by atoms with Crippen LogP contribution in [0.4, 0.5) is 0 Å². The molecule has 0 amide bonds.